The summed E-state index contributed by atoms with van der Waals surface area (Å²) in [5.41, 5.74) is 3.99. The molecule has 2 aromatic rings. The van der Waals surface area contributed by atoms with Crippen molar-refractivity contribution in [3.05, 3.63) is 62.6 Å². The molecule has 2 heterocycles. The molecule has 6 rings (SSSR count). The number of benzene rings is 1. The van der Waals surface area contributed by atoms with Crippen molar-refractivity contribution in [1.29, 1.82) is 0 Å². The van der Waals surface area contributed by atoms with Crippen LogP contribution in [0.4, 0.5) is 0 Å². The molecule has 0 spiro atoms. The van der Waals surface area contributed by atoms with E-state index in [0.717, 1.165) is 49.5 Å². The van der Waals surface area contributed by atoms with Gasteiger partial charge in [0.25, 0.3) is 11.5 Å². The second kappa shape index (κ2) is 8.05. The van der Waals surface area contributed by atoms with Gasteiger partial charge in [-0.2, -0.15) is 0 Å². The first kappa shape index (κ1) is 22.5. The zero-order valence-electron chi connectivity index (χ0n) is 20.4. The summed E-state index contributed by atoms with van der Waals surface area (Å²) in [5, 5.41) is 13.0. The van der Waals surface area contributed by atoms with Gasteiger partial charge in [-0.25, -0.2) is 0 Å². The van der Waals surface area contributed by atoms with Crippen LogP contribution in [0.2, 0.25) is 0 Å². The molecule has 7 nitrogen and oxygen atoms in total. The molecule has 2 bridgehead atoms. The fraction of sp³-hybridized carbons (Fsp3) is 0.536. The van der Waals surface area contributed by atoms with E-state index in [4.69, 9.17) is 0 Å². The number of nitrogens with one attached hydrogen (secondary N) is 2. The summed E-state index contributed by atoms with van der Waals surface area (Å²) in [6, 6.07) is 7.35. The number of hydrogen-bond acceptors (Lipinski definition) is 5. The quantitative estimate of drug-likeness (QED) is 0.617. The first-order chi connectivity index (χ1) is 16.7. The standard InChI is InChI=1S/C28H33N3O4/c1-15(16(2)32)29-26(34)21-9-19-10-23-25-11-18-5-6-20(33)12-22(18)28(23,13-24(19)30-27(21)35)7-8-31(25)14-17-3-4-17/h5-6,9,12,15,17,23,25,33H,3-4,7-8,10-11,13-14H2,1-2H3,(H,29,34)(H,30,35)/t15-,23-,25+,28+/m0/s1. The summed E-state index contributed by atoms with van der Waals surface area (Å²) in [5.74, 6) is 0.805. The number of hydrogen-bond donors (Lipinski definition) is 3. The number of nitrogens with zero attached hydrogens (tertiary/aromatic N) is 1. The van der Waals surface area contributed by atoms with E-state index in [-0.39, 0.29) is 16.8 Å². The number of carbonyl (C=O) groups excluding carboxylic acids is 2. The Kier molecular flexibility index (Phi) is 5.18. The lowest BCUT2D eigenvalue weighted by Gasteiger charge is -2.59. The van der Waals surface area contributed by atoms with Crippen LogP contribution in [0.3, 0.4) is 0 Å². The molecule has 7 heteroatoms. The zero-order chi connectivity index (χ0) is 24.5. The van der Waals surface area contributed by atoms with Gasteiger partial charge in [0.1, 0.15) is 11.3 Å². The highest BCUT2D eigenvalue weighted by Gasteiger charge is 2.55. The molecule has 4 aliphatic rings. The third kappa shape index (κ3) is 3.71. The topological polar surface area (TPSA) is 102 Å². The molecular weight excluding hydrogens is 442 g/mol. The first-order valence-corrected chi connectivity index (χ1v) is 12.9. The molecule has 1 aliphatic heterocycles. The minimum absolute atomic E-state index is 0.0710. The summed E-state index contributed by atoms with van der Waals surface area (Å²) in [7, 11) is 0. The smallest absolute Gasteiger partial charge is 0.261 e. The van der Waals surface area contributed by atoms with Crippen molar-refractivity contribution in [3.8, 4) is 5.75 Å². The van der Waals surface area contributed by atoms with Crippen molar-refractivity contribution in [3.63, 3.8) is 0 Å². The highest BCUT2D eigenvalue weighted by molar-refractivity contribution is 5.97. The molecule has 1 saturated heterocycles. The number of amides is 1. The van der Waals surface area contributed by atoms with Crippen LogP contribution in [-0.4, -0.2) is 51.9 Å². The van der Waals surface area contributed by atoms with E-state index in [2.05, 4.69) is 21.3 Å². The van der Waals surface area contributed by atoms with Gasteiger partial charge < -0.3 is 15.4 Å². The molecule has 0 unspecified atom stereocenters. The molecule has 0 radical (unpaired) electrons. The van der Waals surface area contributed by atoms with Gasteiger partial charge in [0.05, 0.1) is 6.04 Å². The van der Waals surface area contributed by atoms with Crippen LogP contribution >= 0.6 is 0 Å². The Morgan fingerprint density at radius 1 is 1.23 bits per heavy atom. The van der Waals surface area contributed by atoms with Gasteiger partial charge in [0.2, 0.25) is 0 Å². The lowest BCUT2D eigenvalue weighted by Crippen LogP contribution is -2.63. The van der Waals surface area contributed by atoms with Crippen molar-refractivity contribution in [2.75, 3.05) is 13.1 Å². The van der Waals surface area contributed by atoms with Gasteiger partial charge in [0.15, 0.2) is 5.78 Å². The maximum absolute atomic E-state index is 12.9. The predicted octanol–water partition coefficient (Wildman–Crippen LogP) is 2.48. The summed E-state index contributed by atoms with van der Waals surface area (Å²) in [4.78, 5) is 43.1. The van der Waals surface area contributed by atoms with Gasteiger partial charge in [0, 0.05) is 23.7 Å². The number of aromatic nitrogens is 1. The maximum atomic E-state index is 12.9. The van der Waals surface area contributed by atoms with Gasteiger partial charge in [-0.1, -0.05) is 6.07 Å². The van der Waals surface area contributed by atoms with Crippen LogP contribution in [0.5, 0.6) is 5.75 Å². The van der Waals surface area contributed by atoms with Crippen molar-refractivity contribution < 1.29 is 14.7 Å². The molecular formula is C28H33N3O4. The molecule has 1 aromatic heterocycles. The Hall–Kier alpha value is -2.93. The monoisotopic (exact) mass is 475 g/mol. The second-order valence-electron chi connectivity index (χ2n) is 11.3. The molecule has 1 saturated carbocycles. The van der Waals surface area contributed by atoms with Crippen molar-refractivity contribution >= 4 is 11.7 Å². The Morgan fingerprint density at radius 2 is 2.03 bits per heavy atom. The largest absolute Gasteiger partial charge is 0.508 e. The van der Waals surface area contributed by atoms with E-state index in [9.17, 15) is 19.5 Å². The molecule has 3 aliphatic carbocycles. The number of phenolic OH excluding ortho intramolecular Hbond substituents is 1. The number of aromatic hydroxyl groups is 1. The first-order valence-electron chi connectivity index (χ1n) is 12.9. The minimum atomic E-state index is -0.640. The normalized spacial score (nSPS) is 27.8. The fourth-order valence-corrected chi connectivity index (χ4v) is 6.91. The Labute approximate surface area is 204 Å². The number of ketones is 1. The third-order valence-electron chi connectivity index (χ3n) is 9.09. The summed E-state index contributed by atoms with van der Waals surface area (Å²) >= 11 is 0. The number of aromatic amines is 1. The van der Waals surface area contributed by atoms with E-state index < -0.39 is 17.5 Å². The van der Waals surface area contributed by atoms with Crippen LogP contribution in [-0.2, 0) is 29.5 Å². The Bertz CT molecular complexity index is 1280. The molecule has 184 valence electrons. The van der Waals surface area contributed by atoms with Crippen molar-refractivity contribution in [2.24, 2.45) is 11.8 Å². The SMILES string of the molecule is CC(=O)[C@H](C)NC(=O)c1cc2c([nH]c1=O)C[C@]13CCN(CC4CC4)[C@H](Cc4ccc(O)cc41)[C@@H]3C2. The van der Waals surface area contributed by atoms with Crippen LogP contribution < -0.4 is 10.9 Å². The number of pyridine rings is 1. The zero-order valence-corrected chi connectivity index (χ0v) is 20.4. The Morgan fingerprint density at radius 3 is 2.77 bits per heavy atom. The van der Waals surface area contributed by atoms with Crippen molar-refractivity contribution in [1.82, 2.24) is 15.2 Å². The van der Waals surface area contributed by atoms with Crippen LogP contribution in [0.15, 0.2) is 29.1 Å². The summed E-state index contributed by atoms with van der Waals surface area (Å²) < 4.78 is 0. The number of phenols is 1. The lowest BCUT2D eigenvalue weighted by molar-refractivity contribution is -0.118. The predicted molar refractivity (Wildman–Crippen MR) is 132 cm³/mol. The molecule has 4 atom stereocenters. The molecule has 3 N–H and O–H groups in total. The fourth-order valence-electron chi connectivity index (χ4n) is 6.91. The van der Waals surface area contributed by atoms with Gasteiger partial charge in [-0.15, -0.1) is 0 Å². The van der Waals surface area contributed by atoms with Gasteiger partial charge in [-0.05, 0) is 106 Å². The number of carbonyl (C=O) groups is 2. The lowest BCUT2D eigenvalue weighted by atomic mass is 9.52. The van der Waals surface area contributed by atoms with E-state index >= 15 is 0 Å². The number of fused-ring (bicyclic) bond motifs is 2. The van der Waals surface area contributed by atoms with E-state index in [1.807, 2.05) is 6.07 Å². The third-order valence-corrected chi connectivity index (χ3v) is 9.09. The van der Waals surface area contributed by atoms with E-state index in [1.165, 1.54) is 30.9 Å². The molecule has 1 aromatic carbocycles. The summed E-state index contributed by atoms with van der Waals surface area (Å²) in [6.07, 6.45) is 6.11. The number of rotatable bonds is 5. The number of piperidine rings is 1. The molecule has 35 heavy (non-hydrogen) atoms. The average Bonchev–Trinajstić information content (AvgIpc) is 3.63. The number of Topliss-reactive ketones (excluding diaryl/α,β-unsaturated/α-hetero) is 1. The van der Waals surface area contributed by atoms with Crippen LogP contribution in [0.1, 0.15) is 65.9 Å². The van der Waals surface area contributed by atoms with E-state index in [0.29, 0.717) is 24.1 Å². The number of likely N-dealkylation sites (tertiary alicyclic amines) is 1. The molecule has 1 amide bonds. The maximum Gasteiger partial charge on any atom is 0.261 e. The van der Waals surface area contributed by atoms with E-state index in [1.54, 1.807) is 19.1 Å². The van der Waals surface area contributed by atoms with Gasteiger partial charge in [-0.3, -0.25) is 19.3 Å². The average molecular weight is 476 g/mol. The van der Waals surface area contributed by atoms with Gasteiger partial charge >= 0.3 is 0 Å². The summed E-state index contributed by atoms with van der Waals surface area (Å²) in [6.45, 7) is 5.24. The Balaban J connectivity index is 1.40. The van der Waals surface area contributed by atoms with Crippen LogP contribution in [0, 0.1) is 11.8 Å². The van der Waals surface area contributed by atoms with Crippen LogP contribution in [0.25, 0.3) is 0 Å². The highest BCUT2D eigenvalue weighted by Crippen LogP contribution is 2.55. The van der Waals surface area contributed by atoms with Crippen molar-refractivity contribution in [2.45, 2.75) is 69.9 Å². The molecule has 2 fully saturated rings. The highest BCUT2D eigenvalue weighted by atomic mass is 16.3. The minimum Gasteiger partial charge on any atom is -0.508 e. The second-order valence-corrected chi connectivity index (χ2v) is 11.3. The number of H-pyrrole nitrogens is 1.